The molecule has 8 aromatic carbocycles. The molecule has 0 atom stereocenters. The number of fused-ring (bicyclic) bond motifs is 15. The molecular weight excluding hydrogens is 783 g/mol. The van der Waals surface area contributed by atoms with E-state index in [1.165, 1.54) is 0 Å². The zero-order valence-electron chi connectivity index (χ0n) is 42.1. The molecule has 63 heavy (non-hydrogen) atoms. The number of para-hydroxylation sites is 4. The molecule has 0 spiro atoms. The molecule has 0 bridgehead atoms. The molecule has 304 valence electrons. The van der Waals surface area contributed by atoms with E-state index in [0.717, 1.165) is 95.4 Å². The first kappa shape index (κ1) is 30.2. The summed E-state index contributed by atoms with van der Waals surface area (Å²) in [5, 5.41) is 1.78. The van der Waals surface area contributed by atoms with Gasteiger partial charge in [-0.2, -0.15) is 0 Å². The lowest BCUT2D eigenvalue weighted by Crippen LogP contribution is -2.56. The van der Waals surface area contributed by atoms with Gasteiger partial charge in [0.25, 0.3) is 0 Å². The van der Waals surface area contributed by atoms with Crippen LogP contribution >= 0.6 is 0 Å². The molecule has 3 aliphatic rings. The fraction of sp³-hybridized carbons (Fsp3) is 0.155. The quantitative estimate of drug-likeness (QED) is 0.166. The fourth-order valence-corrected chi connectivity index (χ4v) is 13.9. The summed E-state index contributed by atoms with van der Waals surface area (Å²) in [7, 11) is -2.91. The molecule has 1 aliphatic heterocycles. The monoisotopic (exact) mass is 836 g/mol. The molecule has 13 rings (SSSR count). The second kappa shape index (κ2) is 13.5. The Bertz CT molecular complexity index is 3860. The summed E-state index contributed by atoms with van der Waals surface area (Å²) in [6, 6.07) is 53.0. The number of imidazole rings is 2. The number of ether oxygens (including phenoxy) is 1. The second-order valence-corrected chi connectivity index (χ2v) is 22.2. The third-order valence-electron chi connectivity index (χ3n) is 14.1. The first-order valence-corrected chi connectivity index (χ1v) is 25.0. The van der Waals surface area contributed by atoms with Gasteiger partial charge in [-0.1, -0.05) is 135 Å². The predicted molar refractivity (Wildman–Crippen MR) is 264 cm³/mol. The van der Waals surface area contributed by atoms with Gasteiger partial charge in [-0.05, 0) is 158 Å². The first-order chi connectivity index (χ1) is 33.6. The van der Waals surface area contributed by atoms with Crippen LogP contribution in [-0.2, 0) is 0 Å². The first-order valence-electron chi connectivity index (χ1n) is 25.5. The van der Waals surface area contributed by atoms with Gasteiger partial charge in [0.15, 0.2) is 0 Å². The van der Waals surface area contributed by atoms with Crippen molar-refractivity contribution in [2.75, 3.05) is 0 Å². The highest BCUT2D eigenvalue weighted by Crippen LogP contribution is 2.53. The lowest BCUT2D eigenvalue weighted by Gasteiger charge is -2.36. The van der Waals surface area contributed by atoms with E-state index in [0.29, 0.717) is 46.9 Å². The van der Waals surface area contributed by atoms with Gasteiger partial charge in [0.1, 0.15) is 19.6 Å². The Labute approximate surface area is 378 Å². The lowest BCUT2D eigenvalue weighted by molar-refractivity contribution is 0.487. The molecule has 2 aromatic heterocycles. The highest BCUT2D eigenvalue weighted by molar-refractivity contribution is 7.01. The Morgan fingerprint density at radius 3 is 1.83 bits per heavy atom. The van der Waals surface area contributed by atoms with E-state index in [1.807, 2.05) is 65.2 Å². The van der Waals surface area contributed by atoms with Gasteiger partial charge >= 0.3 is 0 Å². The summed E-state index contributed by atoms with van der Waals surface area (Å²) in [4.78, 5) is 5.24. The number of aryl methyl sites for hydroxylation is 1. The zero-order chi connectivity index (χ0) is 48.1. The van der Waals surface area contributed by atoms with Gasteiger partial charge in [0.2, 0.25) is 5.78 Å². The Hall–Kier alpha value is -6.95. The maximum Gasteiger partial charge on any atom is 0.220 e. The molecule has 0 radical (unpaired) electrons. The van der Waals surface area contributed by atoms with Gasteiger partial charge in [-0.3, -0.25) is 8.97 Å². The van der Waals surface area contributed by atoms with Crippen LogP contribution in [0.25, 0.3) is 89.2 Å². The van der Waals surface area contributed by atoms with Crippen LogP contribution in [0.1, 0.15) is 57.9 Å². The van der Waals surface area contributed by atoms with Crippen molar-refractivity contribution >= 4 is 46.3 Å². The minimum absolute atomic E-state index is 0.0782. The fourth-order valence-electron chi connectivity index (χ4n) is 11.1. The Morgan fingerprint density at radius 2 is 1.17 bits per heavy atom. The number of benzene rings is 8. The number of hydrogen-bond donors (Lipinski definition) is 0. The third kappa shape index (κ3) is 5.23. The standard InChI is InChI=1S/C58H47N3OSi/c1-35-29-30-54-53(31-35)62-57-55(63(54,3)4)34-52(61-51-28-16-15-27-50(51)60-49-26-14-13-25-48(49)59-58(60)61)36(2)56(57)47-33-46-43-24-12-10-22-41(43)39-20-8-7-19-38(39)40-21-9-11-23-42(40)45(46)32-44(47)37-17-5-6-18-37/h7-16,19-34,37H,5-6,17-18H2,1-4H3/i1D3,2D3,37D. The summed E-state index contributed by atoms with van der Waals surface area (Å²) >= 11 is 0. The normalized spacial score (nSPS) is 17.5. The summed E-state index contributed by atoms with van der Waals surface area (Å²) in [5.41, 5.74) is 14.1. The van der Waals surface area contributed by atoms with Crippen LogP contribution in [0.5, 0.6) is 11.5 Å². The number of rotatable bonds is 3. The van der Waals surface area contributed by atoms with Gasteiger partial charge < -0.3 is 4.74 Å². The lowest BCUT2D eigenvalue weighted by atomic mass is 9.77. The zero-order valence-corrected chi connectivity index (χ0v) is 36.1. The molecule has 5 heteroatoms. The third-order valence-corrected chi connectivity index (χ3v) is 17.6. The minimum Gasteiger partial charge on any atom is -0.457 e. The molecule has 0 unspecified atom stereocenters. The van der Waals surface area contributed by atoms with E-state index in [9.17, 15) is 5.48 Å². The molecule has 10 aromatic rings. The molecule has 0 N–H and O–H groups in total. The maximum atomic E-state index is 10.5. The highest BCUT2D eigenvalue weighted by Gasteiger charge is 2.40. The predicted octanol–water partition coefficient (Wildman–Crippen LogP) is 14.3. The summed E-state index contributed by atoms with van der Waals surface area (Å²) in [6.07, 6.45) is 2.92. The van der Waals surface area contributed by atoms with Crippen molar-refractivity contribution < 1.29 is 14.3 Å². The highest BCUT2D eigenvalue weighted by atomic mass is 28.3. The van der Waals surface area contributed by atoms with Crippen LogP contribution in [0.15, 0.2) is 158 Å². The van der Waals surface area contributed by atoms with Crippen LogP contribution in [0.2, 0.25) is 13.1 Å². The van der Waals surface area contributed by atoms with E-state index < -0.39 is 27.7 Å². The van der Waals surface area contributed by atoms with Gasteiger partial charge in [0, 0.05) is 15.2 Å². The van der Waals surface area contributed by atoms with Crippen LogP contribution in [-0.4, -0.2) is 22.0 Å². The van der Waals surface area contributed by atoms with Crippen molar-refractivity contribution in [1.82, 2.24) is 14.0 Å². The van der Waals surface area contributed by atoms with E-state index >= 15 is 0 Å². The second-order valence-electron chi connectivity index (χ2n) is 17.9. The van der Waals surface area contributed by atoms with Gasteiger partial charge in [-0.25, -0.2) is 4.98 Å². The van der Waals surface area contributed by atoms with Crippen molar-refractivity contribution in [3.05, 3.63) is 174 Å². The molecule has 2 aliphatic carbocycles. The van der Waals surface area contributed by atoms with Crippen molar-refractivity contribution in [2.24, 2.45) is 0 Å². The summed E-state index contributed by atoms with van der Waals surface area (Å²) in [5.74, 6) is 0.320. The molecule has 4 nitrogen and oxygen atoms in total. The van der Waals surface area contributed by atoms with Crippen LogP contribution < -0.4 is 15.1 Å². The van der Waals surface area contributed by atoms with Crippen molar-refractivity contribution in [1.29, 1.82) is 0 Å². The van der Waals surface area contributed by atoms with E-state index in [1.54, 1.807) is 12.1 Å². The van der Waals surface area contributed by atoms with Crippen LogP contribution in [0.3, 0.4) is 0 Å². The molecular formula is C58H47N3OSi. The number of hydrogen-bond acceptors (Lipinski definition) is 2. The Balaban J connectivity index is 1.23. The largest absolute Gasteiger partial charge is 0.457 e. The van der Waals surface area contributed by atoms with Crippen molar-refractivity contribution in [3.63, 3.8) is 0 Å². The topological polar surface area (TPSA) is 31.5 Å². The van der Waals surface area contributed by atoms with Crippen molar-refractivity contribution in [3.8, 4) is 72.8 Å². The number of aromatic nitrogens is 3. The smallest absolute Gasteiger partial charge is 0.220 e. The Morgan fingerprint density at radius 1 is 0.587 bits per heavy atom. The van der Waals surface area contributed by atoms with Crippen LogP contribution in [0, 0.1) is 13.7 Å². The van der Waals surface area contributed by atoms with E-state index in [2.05, 4.69) is 102 Å². The van der Waals surface area contributed by atoms with Crippen LogP contribution in [0.4, 0.5) is 0 Å². The van der Waals surface area contributed by atoms with Gasteiger partial charge in [0.05, 0.1) is 27.8 Å². The molecule has 0 amide bonds. The molecule has 3 heterocycles. The minimum atomic E-state index is -2.91. The van der Waals surface area contributed by atoms with Gasteiger partial charge in [-0.15, -0.1) is 0 Å². The summed E-state index contributed by atoms with van der Waals surface area (Å²) < 4.78 is 76.6. The van der Waals surface area contributed by atoms with Crippen molar-refractivity contribution in [2.45, 2.75) is 58.4 Å². The van der Waals surface area contributed by atoms with E-state index in [4.69, 9.17) is 13.8 Å². The molecule has 0 saturated heterocycles. The Kier molecular flexibility index (Phi) is 6.47. The molecule has 1 saturated carbocycles. The SMILES string of the molecule is [2H]C([2H])([2H])c1ccc2c(c1)Oc1c(cc(-n3c4ccccc4n4c5ccccc5nc34)c(C([2H])([2H])[2H])c1-c1cc3c(cc1C1([2H])CCCC1)-c1ccccc1-c1ccccc1-c1ccccc1-3)[Si]2(C)C. The average Bonchev–Trinajstić information content (AvgIpc) is 4.05. The average molecular weight is 837 g/mol. The summed E-state index contributed by atoms with van der Waals surface area (Å²) in [6.45, 7) is -0.694. The molecule has 1 fully saturated rings. The van der Waals surface area contributed by atoms with E-state index in [-0.39, 0.29) is 11.1 Å². The maximum absolute atomic E-state index is 10.5. The number of nitrogens with zero attached hydrogens (tertiary/aromatic N) is 3.